The average molecular weight is 257 g/mol. The number of aromatic nitrogens is 1. The highest BCUT2D eigenvalue weighted by molar-refractivity contribution is 5.93. The zero-order chi connectivity index (χ0) is 13.8. The minimum absolute atomic E-state index is 0.0456. The SMILES string of the molecule is CC(C)Oc1cccc(-c2cccnc2C(=O)O)c1. The summed E-state index contributed by atoms with van der Waals surface area (Å²) >= 11 is 0. The van der Waals surface area contributed by atoms with E-state index in [9.17, 15) is 4.79 Å². The Kier molecular flexibility index (Phi) is 3.80. The van der Waals surface area contributed by atoms with Gasteiger partial charge in [0.2, 0.25) is 0 Å². The van der Waals surface area contributed by atoms with Gasteiger partial charge in [0, 0.05) is 11.8 Å². The number of rotatable bonds is 4. The molecule has 0 saturated heterocycles. The van der Waals surface area contributed by atoms with E-state index in [2.05, 4.69) is 4.98 Å². The van der Waals surface area contributed by atoms with E-state index in [-0.39, 0.29) is 11.8 Å². The maximum atomic E-state index is 11.2. The van der Waals surface area contributed by atoms with Gasteiger partial charge >= 0.3 is 5.97 Å². The van der Waals surface area contributed by atoms with Crippen LogP contribution in [0.15, 0.2) is 42.6 Å². The third-order valence-corrected chi connectivity index (χ3v) is 2.53. The molecule has 98 valence electrons. The van der Waals surface area contributed by atoms with E-state index < -0.39 is 5.97 Å². The van der Waals surface area contributed by atoms with Crippen molar-refractivity contribution in [1.82, 2.24) is 4.98 Å². The molecule has 0 bridgehead atoms. The number of hydrogen-bond donors (Lipinski definition) is 1. The first kappa shape index (κ1) is 13.1. The van der Waals surface area contributed by atoms with Crippen molar-refractivity contribution in [2.24, 2.45) is 0 Å². The Morgan fingerprint density at radius 2 is 2.05 bits per heavy atom. The van der Waals surface area contributed by atoms with Crippen LogP contribution in [0.1, 0.15) is 24.3 Å². The van der Waals surface area contributed by atoms with E-state index in [0.717, 1.165) is 5.56 Å². The van der Waals surface area contributed by atoms with Crippen LogP contribution in [0, 0.1) is 0 Å². The number of ether oxygens (including phenoxy) is 1. The molecule has 0 aliphatic heterocycles. The molecule has 0 radical (unpaired) electrons. The fourth-order valence-corrected chi connectivity index (χ4v) is 1.82. The van der Waals surface area contributed by atoms with Gasteiger partial charge in [-0.15, -0.1) is 0 Å². The van der Waals surface area contributed by atoms with Crippen molar-refractivity contribution >= 4 is 5.97 Å². The summed E-state index contributed by atoms with van der Waals surface area (Å²) in [7, 11) is 0. The Labute approximate surface area is 111 Å². The zero-order valence-electron chi connectivity index (χ0n) is 10.8. The van der Waals surface area contributed by atoms with Crippen molar-refractivity contribution in [3.05, 3.63) is 48.3 Å². The summed E-state index contributed by atoms with van der Waals surface area (Å²) in [5.41, 5.74) is 1.41. The Bertz CT molecular complexity index is 593. The first-order chi connectivity index (χ1) is 9.08. The molecule has 0 aliphatic carbocycles. The molecule has 0 amide bonds. The Morgan fingerprint density at radius 3 is 2.74 bits per heavy atom. The van der Waals surface area contributed by atoms with E-state index in [4.69, 9.17) is 9.84 Å². The first-order valence-corrected chi connectivity index (χ1v) is 6.03. The highest BCUT2D eigenvalue weighted by Crippen LogP contribution is 2.26. The lowest BCUT2D eigenvalue weighted by Gasteiger charge is -2.11. The molecule has 4 heteroatoms. The maximum absolute atomic E-state index is 11.2. The van der Waals surface area contributed by atoms with Crippen molar-refractivity contribution in [1.29, 1.82) is 0 Å². The topological polar surface area (TPSA) is 59.4 Å². The van der Waals surface area contributed by atoms with Crippen molar-refractivity contribution in [3.8, 4) is 16.9 Å². The fraction of sp³-hybridized carbons (Fsp3) is 0.200. The number of carboxylic acid groups (broad SMARTS) is 1. The molecule has 0 spiro atoms. The standard InChI is InChI=1S/C15H15NO3/c1-10(2)19-12-6-3-5-11(9-12)13-7-4-8-16-14(13)15(17)18/h3-10H,1-2H3,(H,17,18). The quantitative estimate of drug-likeness (QED) is 0.913. The normalized spacial score (nSPS) is 10.5. The van der Waals surface area contributed by atoms with Crippen molar-refractivity contribution in [2.45, 2.75) is 20.0 Å². The summed E-state index contributed by atoms with van der Waals surface area (Å²) < 4.78 is 5.61. The lowest BCUT2D eigenvalue weighted by atomic mass is 10.0. The van der Waals surface area contributed by atoms with Gasteiger partial charge in [-0.1, -0.05) is 18.2 Å². The van der Waals surface area contributed by atoms with Crippen LogP contribution in [-0.2, 0) is 0 Å². The zero-order valence-corrected chi connectivity index (χ0v) is 10.8. The average Bonchev–Trinajstić information content (AvgIpc) is 2.38. The lowest BCUT2D eigenvalue weighted by molar-refractivity contribution is 0.0691. The predicted octanol–water partition coefficient (Wildman–Crippen LogP) is 3.23. The van der Waals surface area contributed by atoms with Crippen LogP contribution in [0.4, 0.5) is 0 Å². The second kappa shape index (κ2) is 5.52. The third-order valence-electron chi connectivity index (χ3n) is 2.53. The van der Waals surface area contributed by atoms with Crippen LogP contribution in [-0.4, -0.2) is 22.2 Å². The molecule has 0 aliphatic rings. The molecule has 0 fully saturated rings. The molecule has 1 N–H and O–H groups in total. The number of aromatic carboxylic acids is 1. The molecule has 1 heterocycles. The van der Waals surface area contributed by atoms with Crippen LogP contribution in [0.3, 0.4) is 0 Å². The van der Waals surface area contributed by atoms with Crippen molar-refractivity contribution < 1.29 is 14.6 Å². The van der Waals surface area contributed by atoms with Gasteiger partial charge in [-0.2, -0.15) is 0 Å². The summed E-state index contributed by atoms with van der Waals surface area (Å²) in [6.45, 7) is 3.89. The summed E-state index contributed by atoms with van der Waals surface area (Å²) in [5.74, 6) is -0.321. The Morgan fingerprint density at radius 1 is 1.26 bits per heavy atom. The molecular formula is C15H15NO3. The van der Waals surface area contributed by atoms with Crippen LogP contribution >= 0.6 is 0 Å². The van der Waals surface area contributed by atoms with Gasteiger partial charge in [0.05, 0.1) is 6.10 Å². The molecule has 19 heavy (non-hydrogen) atoms. The number of hydrogen-bond acceptors (Lipinski definition) is 3. The largest absolute Gasteiger partial charge is 0.491 e. The first-order valence-electron chi connectivity index (χ1n) is 6.03. The summed E-state index contributed by atoms with van der Waals surface area (Å²) in [4.78, 5) is 15.1. The molecular weight excluding hydrogens is 242 g/mol. The fourth-order valence-electron chi connectivity index (χ4n) is 1.82. The summed E-state index contributed by atoms with van der Waals surface area (Å²) in [5, 5.41) is 9.15. The number of nitrogens with zero attached hydrogens (tertiary/aromatic N) is 1. The summed E-state index contributed by atoms with van der Waals surface area (Å²) in [6, 6.07) is 10.8. The van der Waals surface area contributed by atoms with E-state index in [1.165, 1.54) is 6.20 Å². The van der Waals surface area contributed by atoms with Crippen molar-refractivity contribution in [2.75, 3.05) is 0 Å². The molecule has 2 rings (SSSR count). The minimum Gasteiger partial charge on any atom is -0.491 e. The van der Waals surface area contributed by atoms with Gasteiger partial charge in [-0.3, -0.25) is 0 Å². The van der Waals surface area contributed by atoms with E-state index >= 15 is 0 Å². The molecule has 4 nitrogen and oxygen atoms in total. The Hall–Kier alpha value is -2.36. The maximum Gasteiger partial charge on any atom is 0.355 e. The van der Waals surface area contributed by atoms with E-state index in [0.29, 0.717) is 11.3 Å². The molecule has 0 atom stereocenters. The molecule has 1 aromatic heterocycles. The highest BCUT2D eigenvalue weighted by Gasteiger charge is 2.13. The minimum atomic E-state index is -1.04. The molecule has 1 aromatic carbocycles. The predicted molar refractivity (Wildman–Crippen MR) is 72.4 cm³/mol. The summed E-state index contributed by atoms with van der Waals surface area (Å²) in [6.07, 6.45) is 1.55. The van der Waals surface area contributed by atoms with Crippen molar-refractivity contribution in [3.63, 3.8) is 0 Å². The lowest BCUT2D eigenvalue weighted by Crippen LogP contribution is -2.06. The van der Waals surface area contributed by atoms with Gasteiger partial charge < -0.3 is 9.84 Å². The number of benzene rings is 1. The van der Waals surface area contributed by atoms with E-state index in [1.807, 2.05) is 38.1 Å². The molecule has 0 unspecified atom stereocenters. The van der Waals surface area contributed by atoms with Gasteiger partial charge in [0.1, 0.15) is 5.75 Å². The van der Waals surface area contributed by atoms with Crippen LogP contribution in [0.2, 0.25) is 0 Å². The van der Waals surface area contributed by atoms with Gasteiger partial charge in [-0.05, 0) is 37.6 Å². The van der Waals surface area contributed by atoms with Crippen LogP contribution < -0.4 is 4.74 Å². The van der Waals surface area contributed by atoms with E-state index in [1.54, 1.807) is 12.1 Å². The number of carbonyl (C=O) groups is 1. The van der Waals surface area contributed by atoms with Crippen LogP contribution in [0.25, 0.3) is 11.1 Å². The monoisotopic (exact) mass is 257 g/mol. The molecule has 2 aromatic rings. The molecule has 0 saturated carbocycles. The van der Waals surface area contributed by atoms with Crippen LogP contribution in [0.5, 0.6) is 5.75 Å². The number of pyridine rings is 1. The van der Waals surface area contributed by atoms with Gasteiger partial charge in [-0.25, -0.2) is 9.78 Å². The second-order valence-electron chi connectivity index (χ2n) is 4.40. The van der Waals surface area contributed by atoms with Gasteiger partial charge in [0.25, 0.3) is 0 Å². The smallest absolute Gasteiger partial charge is 0.355 e. The number of carboxylic acids is 1. The second-order valence-corrected chi connectivity index (χ2v) is 4.40. The Balaban J connectivity index is 2.44. The van der Waals surface area contributed by atoms with Gasteiger partial charge in [0.15, 0.2) is 5.69 Å². The third kappa shape index (κ3) is 3.10. The highest BCUT2D eigenvalue weighted by atomic mass is 16.5.